The molecule has 0 saturated heterocycles. The second-order valence-corrected chi connectivity index (χ2v) is 4.44. The largest absolute Gasteiger partial charge is 0.491 e. The summed E-state index contributed by atoms with van der Waals surface area (Å²) in [6.07, 6.45) is 3.84. The first kappa shape index (κ1) is 12.3. The van der Waals surface area contributed by atoms with E-state index in [1.54, 1.807) is 0 Å². The second-order valence-electron chi connectivity index (χ2n) is 4.44. The Kier molecular flexibility index (Phi) is 3.69. The Balaban J connectivity index is 2.21. The van der Waals surface area contributed by atoms with Gasteiger partial charge in [-0.25, -0.2) is 0 Å². The molecule has 0 spiro atoms. The Hall–Kier alpha value is -2.21. The summed E-state index contributed by atoms with van der Waals surface area (Å²) < 4.78 is 5.58. The van der Waals surface area contributed by atoms with E-state index in [2.05, 4.69) is 11.1 Å². The Bertz CT molecular complexity index is 521. The zero-order chi connectivity index (χ0) is 13.0. The summed E-state index contributed by atoms with van der Waals surface area (Å²) in [6.45, 7) is 3.98. The highest BCUT2D eigenvalue weighted by Gasteiger charge is 2.13. The predicted molar refractivity (Wildman–Crippen MR) is 70.5 cm³/mol. The minimum atomic E-state index is -0.232. The second kappa shape index (κ2) is 5.42. The molecule has 3 nitrogen and oxygen atoms in total. The van der Waals surface area contributed by atoms with Crippen molar-refractivity contribution in [3.05, 3.63) is 53.9 Å². The van der Waals surface area contributed by atoms with Crippen LogP contribution in [0, 0.1) is 11.3 Å². The van der Waals surface area contributed by atoms with Crippen molar-refractivity contribution in [2.24, 2.45) is 0 Å². The molecular formula is C15H16N2O. The Morgan fingerprint density at radius 2 is 1.83 bits per heavy atom. The van der Waals surface area contributed by atoms with Crippen molar-refractivity contribution >= 4 is 0 Å². The number of aromatic nitrogens is 1. The number of benzene rings is 1. The highest BCUT2D eigenvalue weighted by atomic mass is 16.5. The van der Waals surface area contributed by atoms with Crippen LogP contribution in [0.25, 0.3) is 0 Å². The summed E-state index contributed by atoms with van der Waals surface area (Å²) in [6, 6.07) is 11.9. The summed E-state index contributed by atoms with van der Waals surface area (Å²) in [4.78, 5) is 2.98. The maximum atomic E-state index is 9.27. The zero-order valence-electron chi connectivity index (χ0n) is 10.6. The van der Waals surface area contributed by atoms with E-state index in [0.717, 1.165) is 16.9 Å². The first-order valence-corrected chi connectivity index (χ1v) is 5.99. The molecule has 0 saturated carbocycles. The van der Waals surface area contributed by atoms with Crippen molar-refractivity contribution in [3.8, 4) is 11.8 Å². The molecule has 0 aliphatic carbocycles. The third-order valence-electron chi connectivity index (χ3n) is 2.67. The van der Waals surface area contributed by atoms with Crippen LogP contribution in [0.5, 0.6) is 5.75 Å². The number of rotatable bonds is 4. The maximum Gasteiger partial charge on any atom is 0.119 e. The molecule has 0 bridgehead atoms. The van der Waals surface area contributed by atoms with Gasteiger partial charge in [-0.2, -0.15) is 5.26 Å². The summed E-state index contributed by atoms with van der Waals surface area (Å²) in [7, 11) is 0. The molecule has 2 aromatic rings. The topological polar surface area (TPSA) is 48.8 Å². The van der Waals surface area contributed by atoms with Gasteiger partial charge in [-0.05, 0) is 43.2 Å². The van der Waals surface area contributed by atoms with E-state index in [1.807, 2.05) is 56.6 Å². The number of nitriles is 1. The number of H-pyrrole nitrogens is 1. The molecule has 1 N–H and O–H groups in total. The highest BCUT2D eigenvalue weighted by molar-refractivity contribution is 5.39. The van der Waals surface area contributed by atoms with Crippen molar-refractivity contribution in [1.29, 1.82) is 5.26 Å². The molecule has 18 heavy (non-hydrogen) atoms. The van der Waals surface area contributed by atoms with Crippen LogP contribution in [-0.4, -0.2) is 11.1 Å². The van der Waals surface area contributed by atoms with E-state index in [4.69, 9.17) is 4.74 Å². The van der Waals surface area contributed by atoms with Crippen molar-refractivity contribution in [3.63, 3.8) is 0 Å². The number of nitrogens with one attached hydrogen (secondary N) is 1. The van der Waals surface area contributed by atoms with Gasteiger partial charge in [0.25, 0.3) is 0 Å². The molecule has 1 heterocycles. The molecule has 1 aromatic heterocycles. The van der Waals surface area contributed by atoms with Crippen LogP contribution in [0.1, 0.15) is 30.9 Å². The first-order valence-electron chi connectivity index (χ1n) is 5.99. The minimum Gasteiger partial charge on any atom is -0.491 e. The molecule has 1 atom stereocenters. The molecule has 0 radical (unpaired) electrons. The van der Waals surface area contributed by atoms with Crippen molar-refractivity contribution < 1.29 is 4.74 Å². The molecule has 0 amide bonds. The van der Waals surface area contributed by atoms with E-state index in [9.17, 15) is 5.26 Å². The standard InChI is InChI=1S/C15H16N2O/c1-11(2)18-14-5-3-12(4-6-14)15(9-16)13-7-8-17-10-13/h3-8,10-11,15,17H,1-2H3. The third-order valence-corrected chi connectivity index (χ3v) is 2.67. The fourth-order valence-corrected chi connectivity index (χ4v) is 1.87. The average Bonchev–Trinajstić information content (AvgIpc) is 2.85. The van der Waals surface area contributed by atoms with Gasteiger partial charge in [-0.15, -0.1) is 0 Å². The van der Waals surface area contributed by atoms with E-state index in [1.165, 1.54) is 0 Å². The summed E-state index contributed by atoms with van der Waals surface area (Å²) in [5, 5.41) is 9.27. The van der Waals surface area contributed by atoms with Gasteiger partial charge in [-0.3, -0.25) is 0 Å². The van der Waals surface area contributed by atoms with Crippen molar-refractivity contribution in [2.45, 2.75) is 25.9 Å². The van der Waals surface area contributed by atoms with Crippen LogP contribution in [0.4, 0.5) is 0 Å². The zero-order valence-corrected chi connectivity index (χ0v) is 10.6. The van der Waals surface area contributed by atoms with E-state index in [-0.39, 0.29) is 12.0 Å². The number of hydrogen-bond acceptors (Lipinski definition) is 2. The van der Waals surface area contributed by atoms with Gasteiger partial charge in [0, 0.05) is 12.4 Å². The molecule has 3 heteroatoms. The van der Waals surface area contributed by atoms with Gasteiger partial charge < -0.3 is 9.72 Å². The lowest BCUT2D eigenvalue weighted by atomic mass is 9.95. The first-order chi connectivity index (χ1) is 8.70. The normalized spacial score (nSPS) is 12.1. The summed E-state index contributed by atoms with van der Waals surface area (Å²) in [5.41, 5.74) is 1.96. The van der Waals surface area contributed by atoms with Gasteiger partial charge in [0.2, 0.25) is 0 Å². The summed E-state index contributed by atoms with van der Waals surface area (Å²) >= 11 is 0. The van der Waals surface area contributed by atoms with Crippen molar-refractivity contribution in [1.82, 2.24) is 4.98 Å². The van der Waals surface area contributed by atoms with E-state index in [0.29, 0.717) is 0 Å². The Morgan fingerprint density at radius 3 is 2.33 bits per heavy atom. The van der Waals surface area contributed by atoms with Crippen LogP contribution in [0.2, 0.25) is 0 Å². The van der Waals surface area contributed by atoms with Crippen molar-refractivity contribution in [2.75, 3.05) is 0 Å². The predicted octanol–water partition coefficient (Wildman–Crippen LogP) is 3.46. The average molecular weight is 240 g/mol. The molecular weight excluding hydrogens is 224 g/mol. The smallest absolute Gasteiger partial charge is 0.119 e. The number of nitrogens with zero attached hydrogens (tertiary/aromatic N) is 1. The monoisotopic (exact) mass is 240 g/mol. The molecule has 1 aromatic carbocycles. The molecule has 2 rings (SSSR count). The minimum absolute atomic E-state index is 0.160. The number of aromatic amines is 1. The van der Waals surface area contributed by atoms with Gasteiger partial charge in [0.1, 0.15) is 5.75 Å². The van der Waals surface area contributed by atoms with Crippen LogP contribution in [0.3, 0.4) is 0 Å². The van der Waals surface area contributed by atoms with E-state index < -0.39 is 0 Å². The lowest BCUT2D eigenvalue weighted by Crippen LogP contribution is -2.05. The SMILES string of the molecule is CC(C)Oc1ccc(C(C#N)c2cc[nH]c2)cc1. The summed E-state index contributed by atoms with van der Waals surface area (Å²) in [5.74, 6) is 0.601. The van der Waals surface area contributed by atoms with Crippen LogP contribution >= 0.6 is 0 Å². The van der Waals surface area contributed by atoms with Gasteiger partial charge in [-0.1, -0.05) is 12.1 Å². The maximum absolute atomic E-state index is 9.27. The molecule has 0 aliphatic rings. The Labute approximate surface area is 107 Å². The third kappa shape index (κ3) is 2.72. The molecule has 0 aliphatic heterocycles. The van der Waals surface area contributed by atoms with E-state index >= 15 is 0 Å². The van der Waals surface area contributed by atoms with Gasteiger partial charge in [0.05, 0.1) is 18.1 Å². The van der Waals surface area contributed by atoms with Gasteiger partial charge >= 0.3 is 0 Å². The molecule has 1 unspecified atom stereocenters. The van der Waals surface area contributed by atoms with Crippen LogP contribution in [0.15, 0.2) is 42.7 Å². The van der Waals surface area contributed by atoms with Gasteiger partial charge in [0.15, 0.2) is 0 Å². The molecule has 0 fully saturated rings. The fraction of sp³-hybridized carbons (Fsp3) is 0.267. The lowest BCUT2D eigenvalue weighted by molar-refractivity contribution is 0.242. The Morgan fingerprint density at radius 1 is 1.11 bits per heavy atom. The number of hydrogen-bond donors (Lipinski definition) is 1. The molecule has 92 valence electrons. The van der Waals surface area contributed by atoms with Crippen LogP contribution < -0.4 is 4.74 Å². The quantitative estimate of drug-likeness (QED) is 0.889. The lowest BCUT2D eigenvalue weighted by Gasteiger charge is -2.11. The highest BCUT2D eigenvalue weighted by Crippen LogP contribution is 2.25. The number of ether oxygens (including phenoxy) is 1. The van der Waals surface area contributed by atoms with Crippen LogP contribution in [-0.2, 0) is 0 Å². The fourth-order valence-electron chi connectivity index (χ4n) is 1.87.